The van der Waals surface area contributed by atoms with E-state index in [4.69, 9.17) is 10.3 Å². The van der Waals surface area contributed by atoms with Crippen LogP contribution in [0, 0.1) is 13.8 Å². The SMILES string of the molecule is Cc1cc(C)c(N)c(-c2nc(-c3ccsc3)no2)c1. The van der Waals surface area contributed by atoms with E-state index in [9.17, 15) is 0 Å². The molecule has 4 nitrogen and oxygen atoms in total. The molecule has 2 N–H and O–H groups in total. The van der Waals surface area contributed by atoms with Crippen molar-refractivity contribution in [3.63, 3.8) is 0 Å². The van der Waals surface area contributed by atoms with Crippen molar-refractivity contribution >= 4 is 17.0 Å². The van der Waals surface area contributed by atoms with Gasteiger partial charge in [-0.1, -0.05) is 11.2 Å². The van der Waals surface area contributed by atoms with Crippen LogP contribution in [0.25, 0.3) is 22.8 Å². The first-order valence-electron chi connectivity index (χ1n) is 5.88. The number of rotatable bonds is 2. The zero-order valence-electron chi connectivity index (χ0n) is 10.7. The van der Waals surface area contributed by atoms with Gasteiger partial charge >= 0.3 is 0 Å². The Hall–Kier alpha value is -2.14. The molecule has 0 amide bonds. The maximum atomic E-state index is 6.09. The van der Waals surface area contributed by atoms with Crippen molar-refractivity contribution in [2.75, 3.05) is 5.73 Å². The van der Waals surface area contributed by atoms with Gasteiger partial charge in [-0.2, -0.15) is 16.3 Å². The van der Waals surface area contributed by atoms with E-state index in [2.05, 4.69) is 10.1 Å². The third kappa shape index (κ3) is 2.13. The van der Waals surface area contributed by atoms with Gasteiger partial charge in [-0.25, -0.2) is 0 Å². The first kappa shape index (κ1) is 11.9. The van der Waals surface area contributed by atoms with Gasteiger partial charge in [-0.05, 0) is 42.5 Å². The average molecular weight is 271 g/mol. The fourth-order valence-corrected chi connectivity index (χ4v) is 2.63. The highest BCUT2D eigenvalue weighted by Gasteiger charge is 2.14. The summed E-state index contributed by atoms with van der Waals surface area (Å²) in [6.07, 6.45) is 0. The molecule has 0 saturated heterocycles. The van der Waals surface area contributed by atoms with E-state index >= 15 is 0 Å². The molecule has 19 heavy (non-hydrogen) atoms. The van der Waals surface area contributed by atoms with Crippen LogP contribution >= 0.6 is 11.3 Å². The summed E-state index contributed by atoms with van der Waals surface area (Å²) in [7, 11) is 0. The Morgan fingerprint density at radius 2 is 2.11 bits per heavy atom. The van der Waals surface area contributed by atoms with Crippen molar-refractivity contribution in [1.29, 1.82) is 0 Å². The zero-order chi connectivity index (χ0) is 13.4. The second-order valence-corrected chi connectivity index (χ2v) is 5.26. The number of aromatic nitrogens is 2. The van der Waals surface area contributed by atoms with E-state index in [0.29, 0.717) is 17.4 Å². The van der Waals surface area contributed by atoms with E-state index in [0.717, 1.165) is 22.3 Å². The molecule has 0 spiro atoms. The molecular formula is C14H13N3OS. The van der Waals surface area contributed by atoms with E-state index < -0.39 is 0 Å². The van der Waals surface area contributed by atoms with Crippen LogP contribution in [0.3, 0.4) is 0 Å². The van der Waals surface area contributed by atoms with E-state index in [1.807, 2.05) is 42.8 Å². The molecule has 0 bridgehead atoms. The molecular weight excluding hydrogens is 258 g/mol. The monoisotopic (exact) mass is 271 g/mol. The van der Waals surface area contributed by atoms with Gasteiger partial charge in [0.15, 0.2) is 0 Å². The lowest BCUT2D eigenvalue weighted by Gasteiger charge is -2.06. The number of nitrogen functional groups attached to an aromatic ring is 1. The predicted octanol–water partition coefficient (Wildman–Crippen LogP) is 3.66. The molecule has 0 aliphatic carbocycles. The second-order valence-electron chi connectivity index (χ2n) is 4.48. The number of hydrogen-bond donors (Lipinski definition) is 1. The maximum Gasteiger partial charge on any atom is 0.260 e. The largest absolute Gasteiger partial charge is 0.398 e. The first-order valence-corrected chi connectivity index (χ1v) is 6.83. The van der Waals surface area contributed by atoms with Crippen molar-refractivity contribution < 1.29 is 4.52 Å². The van der Waals surface area contributed by atoms with Crippen LogP contribution in [0.2, 0.25) is 0 Å². The van der Waals surface area contributed by atoms with Gasteiger partial charge in [0.2, 0.25) is 5.82 Å². The Morgan fingerprint density at radius 1 is 1.26 bits per heavy atom. The van der Waals surface area contributed by atoms with Gasteiger partial charge in [-0.3, -0.25) is 0 Å². The number of aryl methyl sites for hydroxylation is 2. The molecule has 0 fully saturated rings. The van der Waals surface area contributed by atoms with Crippen molar-refractivity contribution in [3.05, 3.63) is 40.1 Å². The quantitative estimate of drug-likeness (QED) is 0.722. The molecule has 2 aromatic heterocycles. The summed E-state index contributed by atoms with van der Waals surface area (Å²) in [6, 6.07) is 5.96. The van der Waals surface area contributed by atoms with Crippen LogP contribution in [-0.2, 0) is 0 Å². The number of nitrogens with two attached hydrogens (primary N) is 1. The Kier molecular flexibility index (Phi) is 2.83. The minimum absolute atomic E-state index is 0.463. The highest BCUT2D eigenvalue weighted by molar-refractivity contribution is 7.08. The van der Waals surface area contributed by atoms with Crippen molar-refractivity contribution in [2.24, 2.45) is 0 Å². The van der Waals surface area contributed by atoms with Crippen LogP contribution < -0.4 is 5.73 Å². The van der Waals surface area contributed by atoms with Gasteiger partial charge in [0, 0.05) is 16.6 Å². The Morgan fingerprint density at radius 3 is 2.84 bits per heavy atom. The highest BCUT2D eigenvalue weighted by atomic mass is 32.1. The molecule has 0 unspecified atom stereocenters. The van der Waals surface area contributed by atoms with E-state index in [1.54, 1.807) is 11.3 Å². The molecule has 2 heterocycles. The molecule has 3 rings (SSSR count). The molecule has 0 saturated carbocycles. The molecule has 0 aliphatic rings. The zero-order valence-corrected chi connectivity index (χ0v) is 11.5. The Labute approximate surface area is 114 Å². The lowest BCUT2D eigenvalue weighted by atomic mass is 10.0. The minimum atomic E-state index is 0.463. The van der Waals surface area contributed by atoms with Crippen LogP contribution in [-0.4, -0.2) is 10.1 Å². The molecule has 0 aliphatic heterocycles. The molecule has 0 radical (unpaired) electrons. The van der Waals surface area contributed by atoms with Gasteiger partial charge in [0.1, 0.15) is 0 Å². The topological polar surface area (TPSA) is 64.9 Å². The molecule has 3 aromatic rings. The fourth-order valence-electron chi connectivity index (χ4n) is 2.00. The number of benzene rings is 1. The molecule has 1 aromatic carbocycles. The average Bonchev–Trinajstić information content (AvgIpc) is 3.03. The van der Waals surface area contributed by atoms with Crippen LogP contribution in [0.15, 0.2) is 33.5 Å². The highest BCUT2D eigenvalue weighted by Crippen LogP contribution is 2.30. The Balaban J connectivity index is 2.09. The third-order valence-electron chi connectivity index (χ3n) is 2.97. The Bertz CT molecular complexity index is 716. The molecule has 5 heteroatoms. The fraction of sp³-hybridized carbons (Fsp3) is 0.143. The number of thiophene rings is 1. The summed E-state index contributed by atoms with van der Waals surface area (Å²) in [5, 5.41) is 7.97. The lowest BCUT2D eigenvalue weighted by molar-refractivity contribution is 0.432. The minimum Gasteiger partial charge on any atom is -0.398 e. The molecule has 0 atom stereocenters. The van der Waals surface area contributed by atoms with E-state index in [1.165, 1.54) is 0 Å². The summed E-state index contributed by atoms with van der Waals surface area (Å²) in [5.41, 5.74) is 10.7. The lowest BCUT2D eigenvalue weighted by Crippen LogP contribution is -1.95. The van der Waals surface area contributed by atoms with Crippen molar-refractivity contribution in [1.82, 2.24) is 10.1 Å². The molecule has 96 valence electrons. The van der Waals surface area contributed by atoms with Crippen LogP contribution in [0.4, 0.5) is 5.69 Å². The number of anilines is 1. The summed E-state index contributed by atoms with van der Waals surface area (Å²) in [4.78, 5) is 4.41. The van der Waals surface area contributed by atoms with Crippen molar-refractivity contribution in [2.45, 2.75) is 13.8 Å². The third-order valence-corrected chi connectivity index (χ3v) is 3.65. The predicted molar refractivity (Wildman–Crippen MR) is 76.9 cm³/mol. The van der Waals surface area contributed by atoms with E-state index in [-0.39, 0.29) is 0 Å². The van der Waals surface area contributed by atoms with Crippen LogP contribution in [0.1, 0.15) is 11.1 Å². The van der Waals surface area contributed by atoms with Gasteiger partial charge in [0.25, 0.3) is 5.89 Å². The number of hydrogen-bond acceptors (Lipinski definition) is 5. The smallest absolute Gasteiger partial charge is 0.260 e. The maximum absolute atomic E-state index is 6.09. The summed E-state index contributed by atoms with van der Waals surface area (Å²) >= 11 is 1.60. The standard InChI is InChI=1S/C14H13N3OS/c1-8-5-9(2)12(15)11(6-8)14-16-13(17-18-14)10-3-4-19-7-10/h3-7H,15H2,1-2H3. The summed E-state index contributed by atoms with van der Waals surface area (Å²) in [6.45, 7) is 3.99. The van der Waals surface area contributed by atoms with Gasteiger partial charge < -0.3 is 10.3 Å². The first-order chi connectivity index (χ1) is 9.15. The normalized spacial score (nSPS) is 10.8. The van der Waals surface area contributed by atoms with Gasteiger partial charge in [0.05, 0.1) is 5.56 Å². The van der Waals surface area contributed by atoms with Gasteiger partial charge in [-0.15, -0.1) is 0 Å². The van der Waals surface area contributed by atoms with Crippen molar-refractivity contribution in [3.8, 4) is 22.8 Å². The second kappa shape index (κ2) is 4.51. The summed E-state index contributed by atoms with van der Waals surface area (Å²) < 4.78 is 5.33. The summed E-state index contributed by atoms with van der Waals surface area (Å²) in [5.74, 6) is 1.06. The number of nitrogens with zero attached hydrogens (tertiary/aromatic N) is 2. The van der Waals surface area contributed by atoms with Crippen LogP contribution in [0.5, 0.6) is 0 Å².